The van der Waals surface area contributed by atoms with Crippen molar-refractivity contribution in [2.24, 2.45) is 0 Å². The van der Waals surface area contributed by atoms with Crippen molar-refractivity contribution in [3.8, 4) is 11.1 Å². The van der Waals surface area contributed by atoms with Crippen LogP contribution in [-0.2, 0) is 23.8 Å². The maximum absolute atomic E-state index is 13.1. The van der Waals surface area contributed by atoms with Crippen molar-refractivity contribution >= 4 is 18.0 Å². The lowest BCUT2D eigenvalue weighted by molar-refractivity contribution is -0.170. The molecule has 1 aliphatic heterocycles. The topological polar surface area (TPSA) is 114 Å². The summed E-state index contributed by atoms with van der Waals surface area (Å²) < 4.78 is 15.9. The number of carboxylic acid groups (broad SMARTS) is 1. The number of carbonyl (C=O) groups excluding carboxylic acids is 2. The highest BCUT2D eigenvalue weighted by Crippen LogP contribution is 2.44. The van der Waals surface area contributed by atoms with Crippen molar-refractivity contribution < 1.29 is 33.7 Å². The van der Waals surface area contributed by atoms with Gasteiger partial charge in [-0.25, -0.2) is 9.59 Å². The number of nitrogens with one attached hydrogen (secondary N) is 1. The van der Waals surface area contributed by atoms with Gasteiger partial charge in [-0.05, 0) is 22.3 Å². The van der Waals surface area contributed by atoms with Gasteiger partial charge < -0.3 is 29.5 Å². The Labute approximate surface area is 204 Å². The number of alkyl carbamates (subject to hydrolysis) is 1. The Hall–Kier alpha value is -3.43. The lowest BCUT2D eigenvalue weighted by Gasteiger charge is -2.38. The monoisotopic (exact) mass is 482 g/mol. The Bertz CT molecular complexity index is 1050. The van der Waals surface area contributed by atoms with Gasteiger partial charge in [-0.1, -0.05) is 48.5 Å². The molecule has 0 radical (unpaired) electrons. The van der Waals surface area contributed by atoms with Crippen molar-refractivity contribution in [3.63, 3.8) is 0 Å². The zero-order chi connectivity index (χ0) is 25.0. The zero-order valence-corrected chi connectivity index (χ0v) is 19.9. The van der Waals surface area contributed by atoms with E-state index in [9.17, 15) is 19.5 Å². The van der Waals surface area contributed by atoms with Crippen molar-refractivity contribution in [2.75, 3.05) is 40.5 Å². The molecule has 0 bridgehead atoms. The molecule has 35 heavy (non-hydrogen) atoms. The first-order valence-electron chi connectivity index (χ1n) is 11.6. The van der Waals surface area contributed by atoms with E-state index in [4.69, 9.17) is 14.2 Å². The fraction of sp³-hybridized carbons (Fsp3) is 0.423. The molecule has 1 heterocycles. The molecule has 1 fully saturated rings. The average molecular weight is 483 g/mol. The van der Waals surface area contributed by atoms with Crippen LogP contribution < -0.4 is 5.32 Å². The number of ether oxygens (including phenoxy) is 3. The highest BCUT2D eigenvalue weighted by molar-refractivity contribution is 5.86. The van der Waals surface area contributed by atoms with Crippen LogP contribution in [0.15, 0.2) is 48.5 Å². The summed E-state index contributed by atoms with van der Waals surface area (Å²) in [6.45, 7) is 0.497. The summed E-state index contributed by atoms with van der Waals surface area (Å²) in [6, 6.07) is 15.1. The van der Waals surface area contributed by atoms with Crippen LogP contribution in [0.2, 0.25) is 0 Å². The maximum Gasteiger partial charge on any atom is 0.407 e. The highest BCUT2D eigenvalue weighted by Gasteiger charge is 2.43. The van der Waals surface area contributed by atoms with Crippen molar-refractivity contribution in [1.29, 1.82) is 0 Å². The van der Waals surface area contributed by atoms with Gasteiger partial charge in [0.25, 0.3) is 0 Å². The van der Waals surface area contributed by atoms with Crippen LogP contribution in [0.3, 0.4) is 0 Å². The second-order valence-electron chi connectivity index (χ2n) is 8.81. The average Bonchev–Trinajstić information content (AvgIpc) is 3.20. The van der Waals surface area contributed by atoms with E-state index in [0.29, 0.717) is 0 Å². The summed E-state index contributed by atoms with van der Waals surface area (Å²) in [7, 11) is 2.80. The van der Waals surface area contributed by atoms with Gasteiger partial charge >= 0.3 is 12.1 Å². The molecule has 2 aromatic carbocycles. The largest absolute Gasteiger partial charge is 0.479 e. The first-order valence-corrected chi connectivity index (χ1v) is 11.6. The van der Waals surface area contributed by atoms with Crippen LogP contribution in [-0.4, -0.2) is 80.1 Å². The van der Waals surface area contributed by atoms with E-state index < -0.39 is 23.7 Å². The lowest BCUT2D eigenvalue weighted by atomic mass is 9.91. The molecule has 1 saturated heterocycles. The maximum atomic E-state index is 13.1. The Kier molecular flexibility index (Phi) is 7.37. The van der Waals surface area contributed by atoms with Crippen molar-refractivity contribution in [2.45, 2.75) is 30.4 Å². The molecule has 186 valence electrons. The lowest BCUT2D eigenvalue weighted by Crippen LogP contribution is -2.57. The zero-order valence-electron chi connectivity index (χ0n) is 19.9. The molecule has 2 amide bonds. The number of methoxy groups -OCH3 is 2. The third kappa shape index (κ3) is 4.87. The number of hydrogen-bond acceptors (Lipinski definition) is 6. The standard InChI is InChI=1S/C26H30N2O7/c1-33-16-22(23(29)28-13-11-26(34-2,12-14-28)24(30)31)27-25(32)35-15-21-19-9-5-3-7-17(19)18-8-4-6-10-20(18)21/h3-10,21-22H,11-16H2,1-2H3,(H,27,32)(H,30,31). The highest BCUT2D eigenvalue weighted by atomic mass is 16.5. The summed E-state index contributed by atoms with van der Waals surface area (Å²) in [5.74, 6) is -1.49. The summed E-state index contributed by atoms with van der Waals surface area (Å²) in [4.78, 5) is 38.8. The van der Waals surface area contributed by atoms with E-state index in [2.05, 4.69) is 17.4 Å². The fourth-order valence-electron chi connectivity index (χ4n) is 4.94. The van der Waals surface area contributed by atoms with E-state index in [0.717, 1.165) is 22.3 Å². The summed E-state index contributed by atoms with van der Waals surface area (Å²) in [5, 5.41) is 12.1. The minimum absolute atomic E-state index is 0.0338. The number of carbonyl (C=O) groups is 3. The number of carboxylic acids is 1. The number of piperidine rings is 1. The molecule has 0 saturated carbocycles. The normalized spacial score (nSPS) is 17.3. The van der Waals surface area contributed by atoms with Crippen LogP contribution >= 0.6 is 0 Å². The van der Waals surface area contributed by atoms with E-state index in [1.807, 2.05) is 36.4 Å². The van der Waals surface area contributed by atoms with E-state index in [-0.39, 0.29) is 51.0 Å². The number of likely N-dealkylation sites (tertiary alicyclic amines) is 1. The number of aliphatic carboxylic acids is 1. The van der Waals surface area contributed by atoms with Crippen LogP contribution in [0.25, 0.3) is 11.1 Å². The molecular weight excluding hydrogens is 452 g/mol. The SMILES string of the molecule is COCC(NC(=O)OCC1c2ccccc2-c2ccccc21)C(=O)N1CCC(OC)(C(=O)O)CC1. The molecule has 1 unspecified atom stereocenters. The van der Waals surface area contributed by atoms with Gasteiger partial charge in [-0.3, -0.25) is 4.79 Å². The van der Waals surface area contributed by atoms with Gasteiger partial charge in [0.15, 0.2) is 5.60 Å². The van der Waals surface area contributed by atoms with Gasteiger partial charge in [-0.2, -0.15) is 0 Å². The van der Waals surface area contributed by atoms with Gasteiger partial charge in [0.05, 0.1) is 6.61 Å². The Morgan fingerprint density at radius 1 is 1.03 bits per heavy atom. The Morgan fingerprint density at radius 3 is 2.11 bits per heavy atom. The second kappa shape index (κ2) is 10.5. The minimum atomic E-state index is -1.30. The number of hydrogen-bond donors (Lipinski definition) is 2. The summed E-state index contributed by atoms with van der Waals surface area (Å²) >= 11 is 0. The summed E-state index contributed by atoms with van der Waals surface area (Å²) in [6.07, 6.45) is -0.388. The molecular formula is C26H30N2O7. The molecule has 9 nitrogen and oxygen atoms in total. The number of fused-ring (bicyclic) bond motifs is 3. The Balaban J connectivity index is 1.38. The van der Waals surface area contributed by atoms with Crippen LogP contribution in [0.4, 0.5) is 4.79 Å². The van der Waals surface area contributed by atoms with Gasteiger partial charge in [-0.15, -0.1) is 0 Å². The van der Waals surface area contributed by atoms with Crippen LogP contribution in [0.1, 0.15) is 29.9 Å². The van der Waals surface area contributed by atoms with Crippen LogP contribution in [0.5, 0.6) is 0 Å². The predicted molar refractivity (Wildman–Crippen MR) is 127 cm³/mol. The number of nitrogens with zero attached hydrogens (tertiary/aromatic N) is 1. The first-order chi connectivity index (χ1) is 16.9. The smallest absolute Gasteiger partial charge is 0.407 e. The third-order valence-corrected chi connectivity index (χ3v) is 6.93. The van der Waals surface area contributed by atoms with E-state index in [1.54, 1.807) is 0 Å². The minimum Gasteiger partial charge on any atom is -0.479 e. The number of amides is 2. The number of rotatable bonds is 8. The molecule has 2 N–H and O–H groups in total. The van der Waals surface area contributed by atoms with E-state index >= 15 is 0 Å². The number of benzene rings is 2. The molecule has 0 spiro atoms. The second-order valence-corrected chi connectivity index (χ2v) is 8.81. The van der Waals surface area contributed by atoms with Gasteiger partial charge in [0, 0.05) is 46.1 Å². The molecule has 1 aliphatic carbocycles. The van der Waals surface area contributed by atoms with Crippen molar-refractivity contribution in [1.82, 2.24) is 10.2 Å². The molecule has 0 aromatic heterocycles. The van der Waals surface area contributed by atoms with E-state index in [1.165, 1.54) is 19.1 Å². The molecule has 2 aliphatic rings. The van der Waals surface area contributed by atoms with Gasteiger partial charge in [0.2, 0.25) is 5.91 Å². The molecule has 2 aromatic rings. The molecule has 4 rings (SSSR count). The fourth-order valence-corrected chi connectivity index (χ4v) is 4.94. The van der Waals surface area contributed by atoms with Crippen molar-refractivity contribution in [3.05, 3.63) is 59.7 Å². The predicted octanol–water partition coefficient (Wildman–Crippen LogP) is 2.63. The first kappa shape index (κ1) is 24.7. The van der Waals surface area contributed by atoms with Crippen LogP contribution in [0, 0.1) is 0 Å². The Morgan fingerprint density at radius 2 is 1.60 bits per heavy atom. The molecule has 1 atom stereocenters. The quantitative estimate of drug-likeness (QED) is 0.594. The van der Waals surface area contributed by atoms with Gasteiger partial charge in [0.1, 0.15) is 12.6 Å². The third-order valence-electron chi connectivity index (χ3n) is 6.93. The summed E-state index contributed by atoms with van der Waals surface area (Å²) in [5.41, 5.74) is 3.15. The molecule has 9 heteroatoms.